The number of carbonyl (C=O) groups excluding carboxylic acids is 7. The number of nitrogens with two attached hydrogens (primary N) is 1. The van der Waals surface area contributed by atoms with E-state index in [0.29, 0.717) is 68.4 Å². The summed E-state index contributed by atoms with van der Waals surface area (Å²) >= 11 is 0. The molecule has 0 bridgehead atoms. The summed E-state index contributed by atoms with van der Waals surface area (Å²) in [5.74, 6) is -1.86. The van der Waals surface area contributed by atoms with Crippen molar-refractivity contribution < 1.29 is 86.5 Å². The van der Waals surface area contributed by atoms with Crippen molar-refractivity contribution in [2.45, 2.75) is 135 Å². The van der Waals surface area contributed by atoms with Gasteiger partial charge in [-0.1, -0.05) is 64.8 Å². The van der Waals surface area contributed by atoms with Crippen LogP contribution in [0.4, 0.5) is 25.8 Å². The van der Waals surface area contributed by atoms with Crippen LogP contribution >= 0.6 is 0 Å². The monoisotopic (exact) mass is 1220 g/mol. The highest BCUT2D eigenvalue weighted by molar-refractivity contribution is 6.01. The second kappa shape index (κ2) is 31.8. The molecule has 1 aliphatic heterocycles. The number of ketones is 2. The number of fused-ring (bicyclic) bond motifs is 7. The number of amides is 7. The Morgan fingerprint density at radius 3 is 2.13 bits per heavy atom. The largest absolute Gasteiger partial charge is 0.486 e. The lowest BCUT2D eigenvalue weighted by Gasteiger charge is -2.59. The van der Waals surface area contributed by atoms with Gasteiger partial charge in [0.1, 0.15) is 31.0 Å². The number of benzene rings is 2. The number of nitrogens with one attached hydrogen (secondary N) is 6. The van der Waals surface area contributed by atoms with Gasteiger partial charge >= 0.3 is 18.2 Å². The van der Waals surface area contributed by atoms with Crippen molar-refractivity contribution in [3.63, 3.8) is 0 Å². The van der Waals surface area contributed by atoms with E-state index in [4.69, 9.17) is 48.7 Å². The molecule has 1 saturated heterocycles. The lowest BCUT2D eigenvalue weighted by atomic mass is 9.46. The minimum absolute atomic E-state index is 0.0245. The fourth-order valence-electron chi connectivity index (χ4n) is 13.1. The maximum absolute atomic E-state index is 14.8. The standard InChI is InChI=1S/C62H87N7O18/c1-6-8-52-86-50-34-46-45-19-12-40-33-43(70)20-22-60(40,4)53(45)48(71)35-61(46,5)62(50,87-52)49(72)37-84-44-17-15-42(16-18-44)67-59(79)85-36-39-10-13-41(14-11-39)66-55(74)47(9-7-23-64-57(63)76)68-56(75)54(38(2)3)69-51(73)21-25-80-27-29-82-31-32-83-30-28-81-26-24-65-58(77)78/h10-11,13-18,20,22,33,38,45-48,50,52-54,65,71H,6-9,12,19,21,23-32,34-37H2,1-5H3,(H,66,74)(H,67,79)(H,68,75)(H,69,73)(H,77,78)(H3,63,64,76)/t45-,46-,47-,48-,50+,52?,53+,54-,60-,61-,62+/m0/s1. The Hall–Kier alpha value is -7.00. The van der Waals surface area contributed by atoms with Crippen LogP contribution < -0.4 is 42.4 Å². The molecule has 0 aromatic heterocycles. The summed E-state index contributed by atoms with van der Waals surface area (Å²) in [6.45, 7) is 11.7. The predicted octanol–water partition coefficient (Wildman–Crippen LogP) is 5.29. The highest BCUT2D eigenvalue weighted by Gasteiger charge is 2.76. The zero-order valence-corrected chi connectivity index (χ0v) is 50.4. The van der Waals surface area contributed by atoms with Crippen LogP contribution in [0, 0.1) is 34.5 Å². The molecule has 87 heavy (non-hydrogen) atoms. The minimum Gasteiger partial charge on any atom is -0.486 e. The van der Waals surface area contributed by atoms with E-state index in [1.165, 1.54) is 0 Å². The van der Waals surface area contributed by atoms with E-state index in [9.17, 15) is 43.5 Å². The number of carbonyl (C=O) groups is 8. The number of Topliss-reactive ketones (excluding diaryl/α,β-unsaturated/α-hetero) is 1. The van der Waals surface area contributed by atoms with Crippen molar-refractivity contribution in [1.29, 1.82) is 0 Å². The lowest BCUT2D eigenvalue weighted by Crippen LogP contribution is -2.63. The van der Waals surface area contributed by atoms with Crippen LogP contribution in [0.5, 0.6) is 5.75 Å². The highest BCUT2D eigenvalue weighted by Crippen LogP contribution is 2.69. The second-order valence-corrected chi connectivity index (χ2v) is 23.5. The van der Waals surface area contributed by atoms with E-state index in [0.717, 1.165) is 24.8 Å². The number of carboxylic acid groups (broad SMARTS) is 1. The van der Waals surface area contributed by atoms with Gasteiger partial charge in [0.2, 0.25) is 23.5 Å². The summed E-state index contributed by atoms with van der Waals surface area (Å²) in [4.78, 5) is 102. The first-order valence-corrected chi connectivity index (χ1v) is 30.1. The first-order chi connectivity index (χ1) is 41.7. The fourth-order valence-corrected chi connectivity index (χ4v) is 13.1. The van der Waals surface area contributed by atoms with Crippen LogP contribution in [0.2, 0.25) is 0 Å². The Morgan fingerprint density at radius 1 is 0.816 bits per heavy atom. The summed E-state index contributed by atoms with van der Waals surface area (Å²) in [6, 6.07) is 10.2. The molecule has 7 amide bonds. The van der Waals surface area contributed by atoms with Gasteiger partial charge in [-0.05, 0) is 117 Å². The maximum atomic E-state index is 14.8. The van der Waals surface area contributed by atoms with Gasteiger partial charge in [-0.15, -0.1) is 0 Å². The molecule has 0 radical (unpaired) electrons. The number of primary amides is 1. The normalized spacial score (nSPS) is 25.7. The summed E-state index contributed by atoms with van der Waals surface area (Å²) in [7, 11) is 0. The molecule has 25 nitrogen and oxygen atoms in total. The topological polar surface area (TPSA) is 349 Å². The molecular formula is C62H87N7O18. The second-order valence-electron chi connectivity index (χ2n) is 23.5. The average molecular weight is 1220 g/mol. The molecule has 7 rings (SSSR count). The van der Waals surface area contributed by atoms with Crippen molar-refractivity contribution in [2.75, 3.05) is 83.2 Å². The summed E-state index contributed by atoms with van der Waals surface area (Å²) < 4.78 is 46.6. The summed E-state index contributed by atoms with van der Waals surface area (Å²) in [5.41, 5.74) is 5.12. The van der Waals surface area contributed by atoms with Crippen LogP contribution in [-0.2, 0) is 63.7 Å². The van der Waals surface area contributed by atoms with Gasteiger partial charge in [-0.3, -0.25) is 29.3 Å². The Kier molecular flexibility index (Phi) is 24.7. The van der Waals surface area contributed by atoms with Gasteiger partial charge in [-0.25, -0.2) is 14.4 Å². The van der Waals surface area contributed by atoms with Gasteiger partial charge in [0, 0.05) is 47.6 Å². The number of hydrogen-bond acceptors (Lipinski definition) is 17. The van der Waals surface area contributed by atoms with Gasteiger partial charge in [0.25, 0.3) is 0 Å². The molecule has 25 heteroatoms. The zero-order valence-electron chi connectivity index (χ0n) is 50.4. The number of aliphatic hydroxyl groups is 1. The molecule has 2 aromatic rings. The van der Waals surface area contributed by atoms with Crippen LogP contribution in [0.3, 0.4) is 0 Å². The third-order valence-electron chi connectivity index (χ3n) is 17.3. The number of ether oxygens (including phenoxy) is 8. The predicted molar refractivity (Wildman–Crippen MR) is 316 cm³/mol. The van der Waals surface area contributed by atoms with E-state index in [1.807, 2.05) is 13.0 Å². The fraction of sp³-hybridized carbons (Fsp3) is 0.613. The van der Waals surface area contributed by atoms with Crippen molar-refractivity contribution in [2.24, 2.45) is 40.2 Å². The number of urea groups is 1. The maximum Gasteiger partial charge on any atom is 0.411 e. The molecule has 4 aliphatic carbocycles. The molecule has 3 saturated carbocycles. The van der Waals surface area contributed by atoms with Crippen LogP contribution in [-0.4, -0.2) is 166 Å². The molecule has 11 atom stereocenters. The van der Waals surface area contributed by atoms with Crippen LogP contribution in [0.15, 0.2) is 72.3 Å². The van der Waals surface area contributed by atoms with E-state index in [-0.39, 0.29) is 107 Å². The molecule has 10 N–H and O–H groups in total. The molecule has 478 valence electrons. The number of hydrogen-bond donors (Lipinski definition) is 9. The molecule has 1 unspecified atom stereocenters. The van der Waals surface area contributed by atoms with Crippen LogP contribution in [0.1, 0.15) is 98.0 Å². The van der Waals surface area contributed by atoms with E-state index < -0.39 is 83.0 Å². The molecule has 0 spiro atoms. The Labute approximate surface area is 507 Å². The minimum atomic E-state index is -1.34. The Bertz CT molecular complexity index is 2760. The van der Waals surface area contributed by atoms with Gasteiger partial charge in [0.15, 0.2) is 17.7 Å². The van der Waals surface area contributed by atoms with Gasteiger partial charge in [0.05, 0.1) is 65.1 Å². The van der Waals surface area contributed by atoms with E-state index in [2.05, 4.69) is 45.7 Å². The van der Waals surface area contributed by atoms with Gasteiger partial charge < -0.3 is 80.4 Å². The SMILES string of the molecule is CCCC1O[C@@H]2C[C@H]3[C@@H]4CCC5=CC(=O)C=C[C@]5(C)[C@H]4[C@@H](O)C[C@]3(C)[C@]2(C(=O)COc2ccc(NC(=O)OCc3ccc(NC(=O)[C@H](CCCNC(N)=O)NC(=O)[C@@H](NC(=O)CCOCCOCCOCCOCCNC(=O)O)C(C)C)cc3)cc2)O1. The number of allylic oxidation sites excluding steroid dienone is 4. The smallest absolute Gasteiger partial charge is 0.411 e. The average Bonchev–Trinajstić information content (AvgIpc) is 1.56. The Balaban J connectivity index is 0.838. The van der Waals surface area contributed by atoms with Crippen molar-refractivity contribution in [3.8, 4) is 5.75 Å². The van der Waals surface area contributed by atoms with E-state index >= 15 is 0 Å². The quantitative estimate of drug-likeness (QED) is 0.0402. The molecular weight excluding hydrogens is 1130 g/mol. The third kappa shape index (κ3) is 17.6. The third-order valence-corrected chi connectivity index (χ3v) is 17.3. The van der Waals surface area contributed by atoms with Crippen molar-refractivity contribution in [3.05, 3.63) is 77.9 Å². The molecule has 4 fully saturated rings. The summed E-state index contributed by atoms with van der Waals surface area (Å²) in [6.07, 6.45) is 5.87. The van der Waals surface area contributed by atoms with Crippen molar-refractivity contribution >= 4 is 58.9 Å². The van der Waals surface area contributed by atoms with Crippen molar-refractivity contribution in [1.82, 2.24) is 21.3 Å². The first-order valence-electron chi connectivity index (χ1n) is 30.1. The Morgan fingerprint density at radius 2 is 1.47 bits per heavy atom. The number of aliphatic hydroxyl groups excluding tert-OH is 1. The highest BCUT2D eigenvalue weighted by atomic mass is 16.7. The number of anilines is 2. The zero-order chi connectivity index (χ0) is 62.7. The summed E-state index contributed by atoms with van der Waals surface area (Å²) in [5, 5.41) is 36.3. The molecule has 2 aromatic carbocycles. The molecule has 5 aliphatic rings. The molecule has 1 heterocycles. The van der Waals surface area contributed by atoms with E-state index in [1.54, 1.807) is 74.5 Å². The van der Waals surface area contributed by atoms with Crippen LogP contribution in [0.25, 0.3) is 0 Å². The lowest BCUT2D eigenvalue weighted by molar-refractivity contribution is -0.200. The number of rotatable bonds is 34. The van der Waals surface area contributed by atoms with Gasteiger partial charge in [-0.2, -0.15) is 0 Å². The first kappa shape index (κ1) is 67.5.